The molecule has 0 aromatic heterocycles. The summed E-state index contributed by atoms with van der Waals surface area (Å²) in [5, 5.41) is 3.68. The Morgan fingerprint density at radius 3 is 2.71 bits per heavy atom. The molecule has 1 aliphatic heterocycles. The van der Waals surface area contributed by atoms with Crippen LogP contribution in [0, 0.1) is 0 Å². The fourth-order valence-corrected chi connectivity index (χ4v) is 3.35. The van der Waals surface area contributed by atoms with Gasteiger partial charge < -0.3 is 10.2 Å². The highest BCUT2D eigenvalue weighted by Gasteiger charge is 2.14. The molecule has 1 saturated heterocycles. The summed E-state index contributed by atoms with van der Waals surface area (Å²) in [6.45, 7) is 7.23. The number of rotatable bonds is 6. The van der Waals surface area contributed by atoms with E-state index in [1.54, 1.807) is 0 Å². The largest absolute Gasteiger partial charge is 0.310 e. The molecule has 112 valence electrons. The first-order valence-corrected chi connectivity index (χ1v) is 8.28. The van der Waals surface area contributed by atoms with Crippen molar-refractivity contribution in [2.75, 3.05) is 26.2 Å². The molecular formula is C19H26N2. The molecular weight excluding hydrogens is 256 g/mol. The molecule has 0 bridgehead atoms. The maximum absolute atomic E-state index is 3.68. The van der Waals surface area contributed by atoms with E-state index in [9.17, 15) is 0 Å². The van der Waals surface area contributed by atoms with E-state index in [0.717, 1.165) is 6.54 Å². The topological polar surface area (TPSA) is 15.3 Å². The van der Waals surface area contributed by atoms with Crippen LogP contribution in [0.15, 0.2) is 42.5 Å². The monoisotopic (exact) mass is 282 g/mol. The Bertz CT molecular complexity index is 531. The third kappa shape index (κ3) is 3.63. The summed E-state index contributed by atoms with van der Waals surface area (Å²) in [6.07, 6.45) is 4.03. The Morgan fingerprint density at radius 2 is 1.86 bits per heavy atom. The molecule has 0 radical (unpaired) electrons. The first kappa shape index (κ1) is 14.6. The van der Waals surface area contributed by atoms with E-state index in [1.165, 1.54) is 55.6 Å². The third-order valence-electron chi connectivity index (χ3n) is 4.59. The number of hydrogen-bond donors (Lipinski definition) is 1. The maximum atomic E-state index is 3.68. The molecule has 1 fully saturated rings. The lowest BCUT2D eigenvalue weighted by atomic mass is 10.0. The molecule has 1 heterocycles. The number of hydrogen-bond acceptors (Lipinski definition) is 2. The quantitative estimate of drug-likeness (QED) is 0.808. The minimum Gasteiger partial charge on any atom is -0.310 e. The number of fused-ring (bicyclic) bond motifs is 1. The number of nitrogens with one attached hydrogen (secondary N) is 1. The average molecular weight is 282 g/mol. The van der Waals surface area contributed by atoms with Crippen LogP contribution >= 0.6 is 0 Å². The molecule has 2 heteroatoms. The molecule has 21 heavy (non-hydrogen) atoms. The Hall–Kier alpha value is -1.38. The highest BCUT2D eigenvalue weighted by Crippen LogP contribution is 2.31. The van der Waals surface area contributed by atoms with E-state index in [1.807, 2.05) is 0 Å². The molecule has 0 aromatic carbocycles. The summed E-state index contributed by atoms with van der Waals surface area (Å²) < 4.78 is 0. The molecule has 2 aliphatic carbocycles. The normalized spacial score (nSPS) is 17.4. The van der Waals surface area contributed by atoms with Gasteiger partial charge in [-0.1, -0.05) is 42.5 Å². The van der Waals surface area contributed by atoms with Gasteiger partial charge in [-0.05, 0) is 69.1 Å². The van der Waals surface area contributed by atoms with Crippen molar-refractivity contribution in [2.24, 2.45) is 0 Å². The van der Waals surface area contributed by atoms with Crippen molar-refractivity contribution in [1.29, 1.82) is 0 Å². The van der Waals surface area contributed by atoms with Gasteiger partial charge in [-0.15, -0.1) is 0 Å². The predicted octanol–water partition coefficient (Wildman–Crippen LogP) is 3.93. The molecule has 0 spiro atoms. The Balaban J connectivity index is 1.51. The van der Waals surface area contributed by atoms with Gasteiger partial charge in [-0.25, -0.2) is 0 Å². The zero-order chi connectivity index (χ0) is 14.5. The molecule has 0 aromatic rings. The fraction of sp³-hybridized carbons (Fsp3) is 0.474. The molecule has 1 unspecified atom stereocenters. The van der Waals surface area contributed by atoms with Gasteiger partial charge in [0.2, 0.25) is 0 Å². The molecule has 3 rings (SSSR count). The van der Waals surface area contributed by atoms with E-state index < -0.39 is 0 Å². The number of nitrogens with zero attached hydrogens (tertiary/aromatic N) is 1. The summed E-state index contributed by atoms with van der Waals surface area (Å²) >= 11 is 0. The van der Waals surface area contributed by atoms with Gasteiger partial charge in [-0.3, -0.25) is 0 Å². The van der Waals surface area contributed by atoms with Crippen LogP contribution < -0.4 is 5.32 Å². The highest BCUT2D eigenvalue weighted by atomic mass is 15.1. The second kappa shape index (κ2) is 7.06. The SMILES string of the molecule is CC(NCCCN1CCCC1)c1ccc2cccccc1-2. The van der Waals surface area contributed by atoms with Crippen molar-refractivity contribution in [1.82, 2.24) is 10.2 Å². The lowest BCUT2D eigenvalue weighted by Gasteiger charge is -2.17. The van der Waals surface area contributed by atoms with E-state index in [0.29, 0.717) is 6.04 Å². The summed E-state index contributed by atoms with van der Waals surface area (Å²) in [5.74, 6) is 0. The van der Waals surface area contributed by atoms with Crippen molar-refractivity contribution in [2.45, 2.75) is 32.2 Å². The highest BCUT2D eigenvalue weighted by molar-refractivity contribution is 5.70. The summed E-state index contributed by atoms with van der Waals surface area (Å²) in [4.78, 5) is 2.59. The van der Waals surface area contributed by atoms with Gasteiger partial charge in [0, 0.05) is 6.04 Å². The van der Waals surface area contributed by atoms with E-state index in [4.69, 9.17) is 0 Å². The first-order valence-electron chi connectivity index (χ1n) is 8.28. The number of likely N-dealkylation sites (tertiary alicyclic amines) is 1. The van der Waals surface area contributed by atoms with Crippen LogP contribution in [0.3, 0.4) is 0 Å². The average Bonchev–Trinajstić information content (AvgIpc) is 3.09. The minimum absolute atomic E-state index is 0.420. The van der Waals surface area contributed by atoms with Crippen LogP contribution in [0.1, 0.15) is 37.8 Å². The second-order valence-corrected chi connectivity index (χ2v) is 6.15. The molecule has 3 aliphatic rings. The van der Waals surface area contributed by atoms with Crippen molar-refractivity contribution >= 4 is 0 Å². The zero-order valence-electron chi connectivity index (χ0n) is 13.0. The van der Waals surface area contributed by atoms with Crippen molar-refractivity contribution < 1.29 is 0 Å². The van der Waals surface area contributed by atoms with Gasteiger partial charge in [-0.2, -0.15) is 0 Å². The molecule has 0 saturated carbocycles. The van der Waals surface area contributed by atoms with Crippen molar-refractivity contribution in [3.63, 3.8) is 0 Å². The van der Waals surface area contributed by atoms with Crippen LogP contribution in [0.5, 0.6) is 0 Å². The Morgan fingerprint density at radius 1 is 1.05 bits per heavy atom. The van der Waals surface area contributed by atoms with E-state index >= 15 is 0 Å². The first-order chi connectivity index (χ1) is 10.3. The molecule has 2 nitrogen and oxygen atoms in total. The van der Waals surface area contributed by atoms with Crippen molar-refractivity contribution in [3.8, 4) is 11.1 Å². The smallest absolute Gasteiger partial charge is 0.0297 e. The molecule has 1 N–H and O–H groups in total. The molecule has 0 amide bonds. The maximum Gasteiger partial charge on any atom is 0.0297 e. The Labute approximate surface area is 128 Å². The second-order valence-electron chi connectivity index (χ2n) is 6.15. The Kier molecular flexibility index (Phi) is 4.89. The lowest BCUT2D eigenvalue weighted by Crippen LogP contribution is -2.26. The van der Waals surface area contributed by atoms with Crippen LogP contribution in [-0.2, 0) is 0 Å². The van der Waals surface area contributed by atoms with Crippen LogP contribution in [0.4, 0.5) is 0 Å². The van der Waals surface area contributed by atoms with Crippen LogP contribution in [-0.4, -0.2) is 31.1 Å². The van der Waals surface area contributed by atoms with Gasteiger partial charge in [0.1, 0.15) is 0 Å². The van der Waals surface area contributed by atoms with Crippen molar-refractivity contribution in [3.05, 3.63) is 48.0 Å². The third-order valence-corrected chi connectivity index (χ3v) is 4.59. The van der Waals surface area contributed by atoms with Crippen LogP contribution in [0.2, 0.25) is 0 Å². The van der Waals surface area contributed by atoms with Gasteiger partial charge in [0.05, 0.1) is 0 Å². The van der Waals surface area contributed by atoms with Gasteiger partial charge >= 0.3 is 0 Å². The van der Waals surface area contributed by atoms with Crippen LogP contribution in [0.25, 0.3) is 11.1 Å². The van der Waals surface area contributed by atoms with E-state index in [2.05, 4.69) is 59.6 Å². The van der Waals surface area contributed by atoms with E-state index in [-0.39, 0.29) is 0 Å². The summed E-state index contributed by atoms with van der Waals surface area (Å²) in [5.41, 5.74) is 4.13. The lowest BCUT2D eigenvalue weighted by molar-refractivity contribution is 0.328. The zero-order valence-corrected chi connectivity index (χ0v) is 13.0. The summed E-state index contributed by atoms with van der Waals surface area (Å²) in [7, 11) is 0. The summed E-state index contributed by atoms with van der Waals surface area (Å²) in [6, 6.07) is 15.7. The van der Waals surface area contributed by atoms with Gasteiger partial charge in [0.15, 0.2) is 0 Å². The van der Waals surface area contributed by atoms with Gasteiger partial charge in [0.25, 0.3) is 0 Å². The molecule has 1 atom stereocenters. The fourth-order valence-electron chi connectivity index (χ4n) is 3.35. The standard InChI is InChI=1S/C19H26N2/c1-16(20-12-7-15-21-13-5-6-14-21)18-11-10-17-8-3-2-4-9-19(17)18/h2-4,8-11,16,20H,5-7,12-15H2,1H3. The predicted molar refractivity (Wildman–Crippen MR) is 89.8 cm³/mol. The minimum atomic E-state index is 0.420.